The van der Waals surface area contributed by atoms with Crippen molar-refractivity contribution in [1.82, 2.24) is 20.3 Å². The van der Waals surface area contributed by atoms with Crippen LogP contribution in [0.5, 0.6) is 0 Å². The summed E-state index contributed by atoms with van der Waals surface area (Å²) in [6.07, 6.45) is 4.69. The van der Waals surface area contributed by atoms with Crippen LogP contribution >= 0.6 is 11.8 Å². The highest BCUT2D eigenvalue weighted by molar-refractivity contribution is 7.99. The first-order valence-electron chi connectivity index (χ1n) is 6.18. The first-order valence-corrected chi connectivity index (χ1v) is 7.16. The average Bonchev–Trinajstić information content (AvgIpc) is 2.92. The minimum Gasteiger partial charge on any atom is -0.316 e. The highest BCUT2D eigenvalue weighted by Crippen LogP contribution is 2.15. The summed E-state index contributed by atoms with van der Waals surface area (Å²) in [4.78, 5) is 1.34. The van der Waals surface area contributed by atoms with Crippen LogP contribution in [0.1, 0.15) is 6.42 Å². The second kappa shape index (κ2) is 7.89. The van der Waals surface area contributed by atoms with Crippen LogP contribution in [0.4, 0.5) is 0 Å². The third-order valence-electron chi connectivity index (χ3n) is 2.50. The zero-order chi connectivity index (χ0) is 12.5. The van der Waals surface area contributed by atoms with Gasteiger partial charge in [-0.05, 0) is 25.1 Å². The molecule has 2 aromatic rings. The largest absolute Gasteiger partial charge is 0.316 e. The summed E-state index contributed by atoms with van der Waals surface area (Å²) in [6, 6.07) is 10.5. The number of aromatic nitrogens is 3. The van der Waals surface area contributed by atoms with Crippen molar-refractivity contribution in [3.05, 3.63) is 42.7 Å². The molecule has 0 aliphatic carbocycles. The number of nitrogens with one attached hydrogen (secondary N) is 1. The van der Waals surface area contributed by atoms with Gasteiger partial charge in [-0.1, -0.05) is 23.4 Å². The molecule has 0 aliphatic rings. The van der Waals surface area contributed by atoms with E-state index in [0.29, 0.717) is 0 Å². The van der Waals surface area contributed by atoms with Gasteiger partial charge >= 0.3 is 0 Å². The van der Waals surface area contributed by atoms with E-state index < -0.39 is 0 Å². The summed E-state index contributed by atoms with van der Waals surface area (Å²) in [5, 5.41) is 11.1. The molecule has 0 saturated carbocycles. The molecule has 1 aromatic carbocycles. The molecule has 2 rings (SSSR count). The van der Waals surface area contributed by atoms with E-state index in [9.17, 15) is 0 Å². The standard InChI is InChI=1S/C13H18N4S/c1-2-5-13(6-3-1)18-12-9-14-7-4-10-17-11-8-15-16-17/h1-3,5-6,8,11,14H,4,7,9-10,12H2. The van der Waals surface area contributed by atoms with Gasteiger partial charge in [0, 0.05) is 29.9 Å². The maximum Gasteiger partial charge on any atom is 0.0692 e. The fraction of sp³-hybridized carbons (Fsp3) is 0.385. The van der Waals surface area contributed by atoms with Crippen molar-refractivity contribution < 1.29 is 0 Å². The molecule has 0 atom stereocenters. The first-order chi connectivity index (χ1) is 8.95. The quantitative estimate of drug-likeness (QED) is 0.584. The zero-order valence-corrected chi connectivity index (χ0v) is 11.1. The van der Waals surface area contributed by atoms with Crippen LogP contribution < -0.4 is 5.32 Å². The maximum absolute atomic E-state index is 3.92. The molecule has 96 valence electrons. The van der Waals surface area contributed by atoms with Gasteiger partial charge in [0.2, 0.25) is 0 Å². The summed E-state index contributed by atoms with van der Waals surface area (Å²) in [7, 11) is 0. The van der Waals surface area contributed by atoms with Crippen LogP contribution in [-0.4, -0.2) is 33.8 Å². The van der Waals surface area contributed by atoms with E-state index in [1.165, 1.54) is 4.90 Å². The van der Waals surface area contributed by atoms with E-state index in [1.807, 2.05) is 28.7 Å². The lowest BCUT2D eigenvalue weighted by atomic mass is 10.4. The smallest absolute Gasteiger partial charge is 0.0692 e. The number of hydrogen-bond acceptors (Lipinski definition) is 4. The second-order valence-electron chi connectivity index (χ2n) is 3.93. The Balaban J connectivity index is 1.47. The van der Waals surface area contributed by atoms with Crippen molar-refractivity contribution in [3.8, 4) is 0 Å². The Morgan fingerprint density at radius 1 is 1.17 bits per heavy atom. The van der Waals surface area contributed by atoms with Crippen molar-refractivity contribution in [3.63, 3.8) is 0 Å². The number of thioether (sulfide) groups is 1. The Hall–Kier alpha value is -1.33. The van der Waals surface area contributed by atoms with Crippen LogP contribution in [0.3, 0.4) is 0 Å². The van der Waals surface area contributed by atoms with E-state index >= 15 is 0 Å². The normalized spacial score (nSPS) is 10.7. The van der Waals surface area contributed by atoms with Gasteiger partial charge in [-0.25, -0.2) is 0 Å². The Labute approximate surface area is 112 Å². The summed E-state index contributed by atoms with van der Waals surface area (Å²) in [5.41, 5.74) is 0. The van der Waals surface area contributed by atoms with Crippen molar-refractivity contribution in [2.75, 3.05) is 18.8 Å². The van der Waals surface area contributed by atoms with Gasteiger partial charge in [0.15, 0.2) is 0 Å². The van der Waals surface area contributed by atoms with Gasteiger partial charge in [0.1, 0.15) is 0 Å². The molecule has 0 unspecified atom stereocenters. The number of benzene rings is 1. The fourth-order valence-corrected chi connectivity index (χ4v) is 2.43. The minimum atomic E-state index is 0.929. The molecule has 18 heavy (non-hydrogen) atoms. The fourth-order valence-electron chi connectivity index (χ4n) is 1.60. The molecule has 4 nitrogen and oxygen atoms in total. The predicted molar refractivity (Wildman–Crippen MR) is 74.7 cm³/mol. The molecule has 1 aromatic heterocycles. The Morgan fingerprint density at radius 3 is 2.83 bits per heavy atom. The molecule has 0 bridgehead atoms. The van der Waals surface area contributed by atoms with Crippen molar-refractivity contribution in [2.45, 2.75) is 17.9 Å². The van der Waals surface area contributed by atoms with E-state index in [2.05, 4.69) is 39.9 Å². The number of hydrogen-bond donors (Lipinski definition) is 1. The highest BCUT2D eigenvalue weighted by atomic mass is 32.2. The SMILES string of the molecule is c1ccc(SCCNCCCn2ccnn2)cc1. The van der Waals surface area contributed by atoms with Crippen LogP contribution in [0.25, 0.3) is 0 Å². The van der Waals surface area contributed by atoms with Gasteiger partial charge in [-0.15, -0.1) is 16.9 Å². The number of rotatable bonds is 8. The minimum absolute atomic E-state index is 0.929. The van der Waals surface area contributed by atoms with Gasteiger partial charge < -0.3 is 5.32 Å². The first kappa shape index (κ1) is 13.1. The van der Waals surface area contributed by atoms with E-state index in [0.717, 1.165) is 31.8 Å². The Bertz CT molecular complexity index is 416. The van der Waals surface area contributed by atoms with Crippen molar-refractivity contribution >= 4 is 11.8 Å². The highest BCUT2D eigenvalue weighted by Gasteiger charge is 1.94. The van der Waals surface area contributed by atoms with Crippen LogP contribution in [0.15, 0.2) is 47.6 Å². The molecule has 0 fully saturated rings. The molecule has 5 heteroatoms. The van der Waals surface area contributed by atoms with E-state index in [1.54, 1.807) is 6.20 Å². The van der Waals surface area contributed by atoms with Crippen LogP contribution in [0, 0.1) is 0 Å². The van der Waals surface area contributed by atoms with Gasteiger partial charge in [-0.3, -0.25) is 4.68 Å². The Kier molecular flexibility index (Phi) is 5.75. The lowest BCUT2D eigenvalue weighted by molar-refractivity contribution is 0.536. The zero-order valence-electron chi connectivity index (χ0n) is 10.3. The predicted octanol–water partition coefficient (Wildman–Crippen LogP) is 2.05. The molecule has 1 heterocycles. The molecule has 1 N–H and O–H groups in total. The van der Waals surface area contributed by atoms with Gasteiger partial charge in [-0.2, -0.15) is 0 Å². The van der Waals surface area contributed by atoms with Crippen molar-refractivity contribution in [2.24, 2.45) is 0 Å². The van der Waals surface area contributed by atoms with Crippen LogP contribution in [0.2, 0.25) is 0 Å². The number of aryl methyl sites for hydroxylation is 1. The second-order valence-corrected chi connectivity index (χ2v) is 5.10. The number of nitrogens with zero attached hydrogens (tertiary/aromatic N) is 3. The average molecular weight is 262 g/mol. The third kappa shape index (κ3) is 4.89. The van der Waals surface area contributed by atoms with E-state index in [-0.39, 0.29) is 0 Å². The third-order valence-corrected chi connectivity index (χ3v) is 3.52. The summed E-state index contributed by atoms with van der Waals surface area (Å²) >= 11 is 1.89. The molecular formula is C13H18N4S. The monoisotopic (exact) mass is 262 g/mol. The molecule has 0 radical (unpaired) electrons. The molecular weight excluding hydrogens is 244 g/mol. The molecule has 0 aliphatic heterocycles. The summed E-state index contributed by atoms with van der Waals surface area (Å²) in [5.74, 6) is 1.10. The van der Waals surface area contributed by atoms with E-state index in [4.69, 9.17) is 0 Å². The summed E-state index contributed by atoms with van der Waals surface area (Å²) in [6.45, 7) is 2.99. The Morgan fingerprint density at radius 2 is 2.06 bits per heavy atom. The maximum atomic E-state index is 3.92. The van der Waals surface area contributed by atoms with Gasteiger partial charge in [0.05, 0.1) is 6.20 Å². The topological polar surface area (TPSA) is 42.7 Å². The van der Waals surface area contributed by atoms with Crippen molar-refractivity contribution in [1.29, 1.82) is 0 Å². The molecule has 0 amide bonds. The lowest BCUT2D eigenvalue weighted by Crippen LogP contribution is -2.19. The summed E-state index contributed by atoms with van der Waals surface area (Å²) < 4.78 is 1.86. The van der Waals surface area contributed by atoms with Crippen LogP contribution in [-0.2, 0) is 6.54 Å². The van der Waals surface area contributed by atoms with Gasteiger partial charge in [0.25, 0.3) is 0 Å². The molecule has 0 spiro atoms. The molecule has 0 saturated heterocycles. The lowest BCUT2D eigenvalue weighted by Gasteiger charge is -2.04.